The Balaban J connectivity index is 1.35. The Hall–Kier alpha value is -7.16. The number of para-hydroxylation sites is 2. The van der Waals surface area contributed by atoms with Gasteiger partial charge < -0.3 is 9.80 Å². The van der Waals surface area contributed by atoms with Gasteiger partial charge in [-0.1, -0.05) is 206 Å². The summed E-state index contributed by atoms with van der Waals surface area (Å²) in [5, 5.41) is 7.67. The van der Waals surface area contributed by atoms with Crippen molar-refractivity contribution in [1.29, 1.82) is 0 Å². The van der Waals surface area contributed by atoms with E-state index in [-0.39, 0.29) is 5.41 Å². The van der Waals surface area contributed by atoms with Gasteiger partial charge in [0, 0.05) is 34.0 Å². The fourth-order valence-electron chi connectivity index (χ4n) is 10.5. The van der Waals surface area contributed by atoms with E-state index in [1.54, 1.807) is 0 Å². The Morgan fingerprint density at radius 2 is 0.800 bits per heavy atom. The summed E-state index contributed by atoms with van der Waals surface area (Å²) in [4.78, 5) is 5.26. The van der Waals surface area contributed by atoms with Crippen molar-refractivity contribution in [2.45, 2.75) is 72.1 Å². The minimum Gasteiger partial charge on any atom is -0.309 e. The van der Waals surface area contributed by atoms with Gasteiger partial charge in [-0.15, -0.1) is 0 Å². The molecule has 0 saturated heterocycles. The minimum atomic E-state index is 0.00677. The molecule has 0 unspecified atom stereocenters. The van der Waals surface area contributed by atoms with Crippen LogP contribution < -0.4 is 9.80 Å². The summed E-state index contributed by atoms with van der Waals surface area (Å²) in [5.74, 6) is 0.591. The van der Waals surface area contributed by atoms with E-state index in [0.29, 0.717) is 11.8 Å². The van der Waals surface area contributed by atoms with Gasteiger partial charge in [0.15, 0.2) is 0 Å². The highest BCUT2D eigenvalue weighted by Crippen LogP contribution is 2.54. The molecule has 1 aliphatic rings. The van der Waals surface area contributed by atoms with Crippen molar-refractivity contribution in [3.63, 3.8) is 0 Å². The highest BCUT2D eigenvalue weighted by atomic mass is 15.2. The quantitative estimate of drug-likeness (QED) is 0.154. The van der Waals surface area contributed by atoms with Crippen LogP contribution in [0.2, 0.25) is 0 Å². The van der Waals surface area contributed by atoms with E-state index < -0.39 is 0 Å². The molecule has 2 bridgehead atoms. The second-order valence-corrected chi connectivity index (χ2v) is 19.8. The van der Waals surface area contributed by atoms with Crippen LogP contribution in [0.5, 0.6) is 0 Å². The fourth-order valence-corrected chi connectivity index (χ4v) is 10.5. The van der Waals surface area contributed by atoms with E-state index in [1.807, 2.05) is 0 Å². The third-order valence-electron chi connectivity index (χ3n) is 13.9. The molecular formula is C63H56N2. The van der Waals surface area contributed by atoms with Crippen LogP contribution in [0.15, 0.2) is 188 Å². The average Bonchev–Trinajstić information content (AvgIpc) is 3.32. The van der Waals surface area contributed by atoms with Crippen LogP contribution in [0.1, 0.15) is 88.1 Å². The molecule has 1 heterocycles. The first kappa shape index (κ1) is 40.6. The number of anilines is 6. The normalized spacial score (nSPS) is 13.0. The van der Waals surface area contributed by atoms with Gasteiger partial charge >= 0.3 is 0 Å². The summed E-state index contributed by atoms with van der Waals surface area (Å²) < 4.78 is 0. The monoisotopic (exact) mass is 840 g/mol. The molecule has 0 atom stereocenters. The lowest BCUT2D eigenvalue weighted by molar-refractivity contribution is 0.591. The molecule has 0 saturated carbocycles. The van der Waals surface area contributed by atoms with E-state index in [4.69, 9.17) is 0 Å². The summed E-state index contributed by atoms with van der Waals surface area (Å²) in [6.45, 7) is 16.3. The molecule has 0 aliphatic carbocycles. The predicted octanol–water partition coefficient (Wildman–Crippen LogP) is 18.3. The van der Waals surface area contributed by atoms with Crippen molar-refractivity contribution in [2.75, 3.05) is 9.80 Å². The Morgan fingerprint density at radius 3 is 1.23 bits per heavy atom. The Labute approximate surface area is 384 Å². The molecule has 318 valence electrons. The SMILES string of the molecule is CC(C)c1ccccc1N1c2cc(-c3ccccc3)ccc2Cc2ccc(-c3ccccc3)cc2N(c2ccccc2C(C)C)c2cc1c1ccc3cc(C(C)(C)C)cc4ccc2c1c34. The van der Waals surface area contributed by atoms with Crippen molar-refractivity contribution in [3.05, 3.63) is 216 Å². The maximum atomic E-state index is 2.63. The molecule has 0 radical (unpaired) electrons. The molecule has 1 aliphatic heterocycles. The standard InChI is InChI=1S/C63H56N2/c1-40(2)51-22-14-16-24-55(51)64-57-37-44(42-18-10-8-11-19-42)26-28-46(57)34-47-29-27-45(43-20-12-9-13-21-43)38-58(47)65(56-25-17-15-23-52(56)41(3)4)60-39-59(64)53-32-30-48-35-50(63(5,6)7)36-49-31-33-54(60)62(53)61(48)49/h8-33,35-41H,34H2,1-7H3. The maximum Gasteiger partial charge on any atom is 0.0561 e. The lowest BCUT2D eigenvalue weighted by Crippen LogP contribution is -2.20. The molecule has 11 rings (SSSR count). The van der Waals surface area contributed by atoms with Crippen molar-refractivity contribution < 1.29 is 0 Å². The van der Waals surface area contributed by atoms with Crippen LogP contribution in [-0.2, 0) is 11.8 Å². The predicted molar refractivity (Wildman–Crippen MR) is 280 cm³/mol. The largest absolute Gasteiger partial charge is 0.309 e. The first-order valence-corrected chi connectivity index (χ1v) is 23.4. The van der Waals surface area contributed by atoms with Crippen molar-refractivity contribution in [2.24, 2.45) is 0 Å². The molecule has 0 amide bonds. The van der Waals surface area contributed by atoms with E-state index in [2.05, 4.69) is 246 Å². The van der Waals surface area contributed by atoms with Crippen LogP contribution in [-0.4, -0.2) is 0 Å². The third-order valence-corrected chi connectivity index (χ3v) is 13.9. The zero-order chi connectivity index (χ0) is 44.6. The highest BCUT2D eigenvalue weighted by Gasteiger charge is 2.31. The zero-order valence-corrected chi connectivity index (χ0v) is 38.7. The number of hydrogen-bond donors (Lipinski definition) is 0. The van der Waals surface area contributed by atoms with Crippen LogP contribution in [0, 0.1) is 0 Å². The molecule has 0 spiro atoms. The lowest BCUT2D eigenvalue weighted by atomic mass is 9.83. The van der Waals surface area contributed by atoms with Gasteiger partial charge in [0.25, 0.3) is 0 Å². The summed E-state index contributed by atoms with van der Waals surface area (Å²) in [5.41, 5.74) is 18.5. The molecular weight excluding hydrogens is 785 g/mol. The molecule has 0 aromatic heterocycles. The van der Waals surface area contributed by atoms with Crippen LogP contribution in [0.3, 0.4) is 0 Å². The number of fused-ring (bicyclic) bond motifs is 6. The van der Waals surface area contributed by atoms with E-state index in [0.717, 1.165) is 6.42 Å². The number of rotatable bonds is 6. The van der Waals surface area contributed by atoms with Crippen molar-refractivity contribution in [1.82, 2.24) is 0 Å². The maximum absolute atomic E-state index is 2.63. The van der Waals surface area contributed by atoms with Gasteiger partial charge in [-0.25, -0.2) is 0 Å². The molecule has 0 fully saturated rings. The second-order valence-electron chi connectivity index (χ2n) is 19.8. The molecule has 10 aromatic carbocycles. The number of hydrogen-bond acceptors (Lipinski definition) is 2. The van der Waals surface area contributed by atoms with E-state index in [9.17, 15) is 0 Å². The number of nitrogens with zero attached hydrogens (tertiary/aromatic N) is 2. The van der Waals surface area contributed by atoms with Crippen LogP contribution in [0.25, 0.3) is 54.6 Å². The van der Waals surface area contributed by atoms with Crippen molar-refractivity contribution >= 4 is 66.4 Å². The molecule has 0 N–H and O–H groups in total. The molecule has 10 aromatic rings. The number of benzene rings is 10. The van der Waals surface area contributed by atoms with E-state index in [1.165, 1.54) is 117 Å². The summed E-state index contributed by atoms with van der Waals surface area (Å²) in [7, 11) is 0. The van der Waals surface area contributed by atoms with Gasteiger partial charge in [0.05, 0.1) is 22.7 Å². The first-order chi connectivity index (χ1) is 31.5. The average molecular weight is 841 g/mol. The smallest absolute Gasteiger partial charge is 0.0561 e. The summed E-state index contributed by atoms with van der Waals surface area (Å²) >= 11 is 0. The van der Waals surface area contributed by atoms with Gasteiger partial charge in [0.2, 0.25) is 0 Å². The Kier molecular flexibility index (Phi) is 9.88. The zero-order valence-electron chi connectivity index (χ0n) is 38.7. The van der Waals surface area contributed by atoms with Crippen molar-refractivity contribution in [3.8, 4) is 22.3 Å². The van der Waals surface area contributed by atoms with Gasteiger partial charge in [0.1, 0.15) is 0 Å². The van der Waals surface area contributed by atoms with Gasteiger partial charge in [-0.2, -0.15) is 0 Å². The van der Waals surface area contributed by atoms with Crippen LogP contribution >= 0.6 is 0 Å². The topological polar surface area (TPSA) is 6.48 Å². The lowest BCUT2D eigenvalue weighted by Gasteiger charge is -2.37. The van der Waals surface area contributed by atoms with E-state index >= 15 is 0 Å². The fraction of sp³-hybridized carbons (Fsp3) is 0.175. The first-order valence-electron chi connectivity index (χ1n) is 23.4. The second kappa shape index (κ2) is 15.8. The molecule has 2 heteroatoms. The van der Waals surface area contributed by atoms with Crippen LogP contribution in [0.4, 0.5) is 34.1 Å². The third kappa shape index (κ3) is 6.95. The summed E-state index contributed by atoms with van der Waals surface area (Å²) in [6.07, 6.45) is 0.742. The highest BCUT2D eigenvalue weighted by molar-refractivity contribution is 6.29. The Bertz CT molecular complexity index is 3180. The molecule has 2 nitrogen and oxygen atoms in total. The summed E-state index contributed by atoms with van der Waals surface area (Å²) in [6, 6.07) is 71.3. The molecule has 65 heavy (non-hydrogen) atoms. The van der Waals surface area contributed by atoms with Gasteiger partial charge in [-0.05, 0) is 114 Å². The Morgan fingerprint density at radius 1 is 0.369 bits per heavy atom. The minimum absolute atomic E-state index is 0.00677. The van der Waals surface area contributed by atoms with Gasteiger partial charge in [-0.3, -0.25) is 0 Å².